The number of hydrogen-bond acceptors (Lipinski definition) is 2. The zero-order valence-electron chi connectivity index (χ0n) is 13.5. The minimum absolute atomic E-state index is 1.05. The number of para-hydroxylation sites is 2. The fourth-order valence-electron chi connectivity index (χ4n) is 3.84. The van der Waals surface area contributed by atoms with Crippen LogP contribution in [0.15, 0.2) is 54.1 Å². The molecule has 2 aliphatic rings. The van der Waals surface area contributed by atoms with Gasteiger partial charge in [-0.2, -0.15) is 0 Å². The third-order valence-corrected chi connectivity index (χ3v) is 5.01. The summed E-state index contributed by atoms with van der Waals surface area (Å²) in [6.07, 6.45) is 6.56. The second-order valence-electron chi connectivity index (χ2n) is 6.43. The first-order valence-electron chi connectivity index (χ1n) is 8.59. The molecule has 0 saturated carbocycles. The third kappa shape index (κ3) is 2.05. The summed E-state index contributed by atoms with van der Waals surface area (Å²) in [5.74, 6) is 1.08. The molecule has 0 radical (unpaired) electrons. The highest BCUT2D eigenvalue weighted by molar-refractivity contribution is 5.93. The van der Waals surface area contributed by atoms with Crippen LogP contribution in [0.2, 0.25) is 0 Å². The van der Waals surface area contributed by atoms with E-state index >= 15 is 0 Å². The maximum Gasteiger partial charge on any atom is 0.145 e. The number of piperidine rings is 1. The van der Waals surface area contributed by atoms with Gasteiger partial charge in [0, 0.05) is 11.8 Å². The van der Waals surface area contributed by atoms with Crippen molar-refractivity contribution in [3.63, 3.8) is 0 Å². The van der Waals surface area contributed by atoms with E-state index in [4.69, 9.17) is 4.98 Å². The largest absolute Gasteiger partial charge is 0.316 e. The molecule has 0 aliphatic carbocycles. The molecule has 1 N–H and O–H groups in total. The highest BCUT2D eigenvalue weighted by Gasteiger charge is 2.23. The van der Waals surface area contributed by atoms with Crippen LogP contribution in [-0.2, 0) is 0 Å². The molecule has 0 bridgehead atoms. The number of imidazole rings is 1. The van der Waals surface area contributed by atoms with Gasteiger partial charge in [0.15, 0.2) is 0 Å². The van der Waals surface area contributed by atoms with Crippen molar-refractivity contribution >= 4 is 28.9 Å². The Kier molecular flexibility index (Phi) is 3.13. The fraction of sp³-hybridized carbons (Fsp3) is 0.190. The Hall–Kier alpha value is -2.65. The number of aromatic nitrogens is 2. The molecule has 5 rings (SSSR count). The van der Waals surface area contributed by atoms with Crippen molar-refractivity contribution in [2.75, 3.05) is 13.1 Å². The Labute approximate surface area is 141 Å². The van der Waals surface area contributed by atoms with Crippen molar-refractivity contribution in [3.8, 4) is 0 Å². The molecular formula is C21H19N3. The smallest absolute Gasteiger partial charge is 0.145 e. The van der Waals surface area contributed by atoms with Crippen molar-refractivity contribution in [1.82, 2.24) is 14.9 Å². The van der Waals surface area contributed by atoms with Crippen LogP contribution in [0.1, 0.15) is 29.8 Å². The van der Waals surface area contributed by atoms with E-state index in [2.05, 4.69) is 70.7 Å². The summed E-state index contributed by atoms with van der Waals surface area (Å²) >= 11 is 0. The molecular weight excluding hydrogens is 294 g/mol. The first-order chi connectivity index (χ1) is 11.9. The summed E-state index contributed by atoms with van der Waals surface area (Å²) in [5, 5.41) is 3.47. The Balaban J connectivity index is 1.87. The maximum absolute atomic E-state index is 5.00. The summed E-state index contributed by atoms with van der Waals surface area (Å²) in [6, 6.07) is 17.1. The Morgan fingerprint density at radius 2 is 1.71 bits per heavy atom. The predicted octanol–water partition coefficient (Wildman–Crippen LogP) is 4.16. The molecule has 1 aromatic heterocycles. The number of fused-ring (bicyclic) bond motifs is 4. The summed E-state index contributed by atoms with van der Waals surface area (Å²) in [7, 11) is 0. The molecule has 3 heterocycles. The van der Waals surface area contributed by atoms with E-state index in [0.29, 0.717) is 0 Å². The van der Waals surface area contributed by atoms with Crippen molar-refractivity contribution in [3.05, 3.63) is 71.1 Å². The van der Waals surface area contributed by atoms with Crippen LogP contribution in [0.5, 0.6) is 0 Å². The average Bonchev–Trinajstić information content (AvgIpc) is 2.92. The maximum atomic E-state index is 5.00. The van der Waals surface area contributed by atoms with Crippen molar-refractivity contribution in [2.45, 2.75) is 12.8 Å². The molecule has 2 aliphatic heterocycles. The molecule has 0 amide bonds. The van der Waals surface area contributed by atoms with E-state index in [0.717, 1.165) is 37.3 Å². The van der Waals surface area contributed by atoms with Gasteiger partial charge in [0.05, 0.1) is 11.0 Å². The zero-order chi connectivity index (χ0) is 15.9. The summed E-state index contributed by atoms with van der Waals surface area (Å²) < 4.78 is 2.25. The van der Waals surface area contributed by atoms with Gasteiger partial charge in [-0.1, -0.05) is 42.0 Å². The van der Waals surface area contributed by atoms with Crippen LogP contribution in [0, 0.1) is 0 Å². The SMILES string of the molecule is C1=Cn2c(nc3ccccc32)C(=C2CCNCC2)c2ccccc21. The van der Waals surface area contributed by atoms with Crippen LogP contribution in [0.3, 0.4) is 0 Å². The minimum atomic E-state index is 1.05. The minimum Gasteiger partial charge on any atom is -0.316 e. The van der Waals surface area contributed by atoms with Crippen LogP contribution in [0.25, 0.3) is 28.9 Å². The average molecular weight is 313 g/mol. The lowest BCUT2D eigenvalue weighted by Gasteiger charge is -2.20. The highest BCUT2D eigenvalue weighted by atomic mass is 15.1. The van der Waals surface area contributed by atoms with Gasteiger partial charge >= 0.3 is 0 Å². The van der Waals surface area contributed by atoms with Crippen LogP contribution in [0.4, 0.5) is 0 Å². The molecule has 0 atom stereocenters. The molecule has 118 valence electrons. The van der Waals surface area contributed by atoms with Gasteiger partial charge in [-0.15, -0.1) is 0 Å². The summed E-state index contributed by atoms with van der Waals surface area (Å²) in [6.45, 7) is 2.10. The number of nitrogens with zero attached hydrogens (tertiary/aromatic N) is 2. The molecule has 0 unspecified atom stereocenters. The first-order valence-corrected chi connectivity index (χ1v) is 8.59. The van der Waals surface area contributed by atoms with Gasteiger partial charge < -0.3 is 5.32 Å². The van der Waals surface area contributed by atoms with Gasteiger partial charge in [-0.25, -0.2) is 4.98 Å². The van der Waals surface area contributed by atoms with Crippen LogP contribution < -0.4 is 5.32 Å². The number of hydrogen-bond donors (Lipinski definition) is 1. The first kappa shape index (κ1) is 13.8. The molecule has 2 aromatic carbocycles. The monoisotopic (exact) mass is 313 g/mol. The van der Waals surface area contributed by atoms with Gasteiger partial charge in [0.25, 0.3) is 0 Å². The number of nitrogens with one attached hydrogen (secondary N) is 1. The second-order valence-corrected chi connectivity index (χ2v) is 6.43. The van der Waals surface area contributed by atoms with Gasteiger partial charge in [0.2, 0.25) is 0 Å². The van der Waals surface area contributed by atoms with Gasteiger partial charge in [-0.3, -0.25) is 4.57 Å². The van der Waals surface area contributed by atoms with Crippen LogP contribution in [-0.4, -0.2) is 22.6 Å². The van der Waals surface area contributed by atoms with E-state index in [1.165, 1.54) is 27.8 Å². The molecule has 24 heavy (non-hydrogen) atoms. The zero-order valence-corrected chi connectivity index (χ0v) is 13.5. The standard InChI is InChI=1S/C21H19N3/c1-2-6-17-15(5-1)11-14-24-19-8-4-3-7-18(19)23-21(24)20(17)16-9-12-22-13-10-16/h1-8,11,14,22H,9-10,12-13H2. The highest BCUT2D eigenvalue weighted by Crippen LogP contribution is 2.36. The lowest BCUT2D eigenvalue weighted by Crippen LogP contribution is -2.24. The molecule has 3 heteroatoms. The topological polar surface area (TPSA) is 29.9 Å². The lowest BCUT2D eigenvalue weighted by atomic mass is 9.91. The second kappa shape index (κ2) is 5.46. The number of rotatable bonds is 0. The molecule has 1 fully saturated rings. The van der Waals surface area contributed by atoms with E-state index < -0.39 is 0 Å². The van der Waals surface area contributed by atoms with Crippen molar-refractivity contribution < 1.29 is 0 Å². The van der Waals surface area contributed by atoms with Crippen LogP contribution >= 0.6 is 0 Å². The van der Waals surface area contributed by atoms with Crippen molar-refractivity contribution in [1.29, 1.82) is 0 Å². The number of benzene rings is 2. The van der Waals surface area contributed by atoms with E-state index in [1.54, 1.807) is 0 Å². The molecule has 3 aromatic rings. The quantitative estimate of drug-likeness (QED) is 0.528. The predicted molar refractivity (Wildman–Crippen MR) is 99.5 cm³/mol. The molecule has 1 saturated heterocycles. The Morgan fingerprint density at radius 1 is 0.917 bits per heavy atom. The van der Waals surface area contributed by atoms with E-state index in [9.17, 15) is 0 Å². The third-order valence-electron chi connectivity index (χ3n) is 5.01. The molecule has 3 nitrogen and oxygen atoms in total. The fourth-order valence-corrected chi connectivity index (χ4v) is 3.84. The van der Waals surface area contributed by atoms with Gasteiger partial charge in [0.1, 0.15) is 5.82 Å². The Morgan fingerprint density at radius 3 is 2.62 bits per heavy atom. The lowest BCUT2D eigenvalue weighted by molar-refractivity contribution is 0.611. The summed E-state index contributed by atoms with van der Waals surface area (Å²) in [4.78, 5) is 5.00. The van der Waals surface area contributed by atoms with E-state index in [1.807, 2.05) is 0 Å². The van der Waals surface area contributed by atoms with Gasteiger partial charge in [-0.05, 0) is 55.3 Å². The molecule has 0 spiro atoms. The van der Waals surface area contributed by atoms with Crippen molar-refractivity contribution in [2.24, 2.45) is 0 Å². The Bertz CT molecular complexity index is 983. The van der Waals surface area contributed by atoms with E-state index in [-0.39, 0.29) is 0 Å². The normalized spacial score (nSPS) is 16.8. The summed E-state index contributed by atoms with van der Waals surface area (Å²) in [5.41, 5.74) is 7.65.